The Hall–Kier alpha value is -3.17. The molecule has 168 valence electrons. The lowest BCUT2D eigenvalue weighted by Crippen LogP contribution is -2.68. The van der Waals surface area contributed by atoms with E-state index >= 15 is 0 Å². The van der Waals surface area contributed by atoms with E-state index in [2.05, 4.69) is 0 Å². The molecule has 1 heterocycles. The summed E-state index contributed by atoms with van der Waals surface area (Å²) in [6.07, 6.45) is -0.874. The molecule has 0 bridgehead atoms. The maximum absolute atomic E-state index is 12.6. The number of carbonyl (C=O) groups excluding carboxylic acids is 2. The molecule has 1 N–H and O–H groups in total. The van der Waals surface area contributed by atoms with Crippen molar-refractivity contribution in [3.8, 4) is 0 Å². The standard InChI is InChI=1S/C23H24N2O6S/c1-14(22(32)17-6-4-3-5-7-17)21-20(15(2)26)23(28)24(21)12-19(27)31-13-16-8-10-18(11-9-16)25(29)30/h3-11,14-15,20-21,26H,12-13H2,1-2H3/t14-,15-,20-,21-/m1/s1. The third kappa shape index (κ3) is 5.00. The number of nitrogens with zero attached hydrogens (tertiary/aromatic N) is 2. The van der Waals surface area contributed by atoms with Gasteiger partial charge in [0.1, 0.15) is 13.2 Å². The molecule has 0 unspecified atom stereocenters. The first-order chi connectivity index (χ1) is 15.2. The van der Waals surface area contributed by atoms with Crippen LogP contribution in [0.4, 0.5) is 5.69 Å². The van der Waals surface area contributed by atoms with Crippen molar-refractivity contribution in [3.05, 3.63) is 75.8 Å². The van der Waals surface area contributed by atoms with E-state index in [1.165, 1.54) is 29.2 Å². The van der Waals surface area contributed by atoms with Crippen molar-refractivity contribution in [1.29, 1.82) is 0 Å². The Morgan fingerprint density at radius 3 is 2.38 bits per heavy atom. The molecule has 0 spiro atoms. The third-order valence-corrected chi connectivity index (χ3v) is 6.25. The van der Waals surface area contributed by atoms with Crippen LogP contribution in [-0.2, 0) is 20.9 Å². The molecule has 0 radical (unpaired) electrons. The van der Waals surface area contributed by atoms with Crippen LogP contribution in [0.1, 0.15) is 25.0 Å². The van der Waals surface area contributed by atoms with Crippen molar-refractivity contribution in [1.82, 2.24) is 4.90 Å². The van der Waals surface area contributed by atoms with Crippen LogP contribution in [0, 0.1) is 22.0 Å². The van der Waals surface area contributed by atoms with E-state index < -0.39 is 29.0 Å². The summed E-state index contributed by atoms with van der Waals surface area (Å²) in [4.78, 5) is 37.3. The summed E-state index contributed by atoms with van der Waals surface area (Å²) in [6.45, 7) is 3.11. The number of carbonyl (C=O) groups is 2. The number of aliphatic hydroxyl groups excluding tert-OH is 1. The van der Waals surface area contributed by atoms with Gasteiger partial charge in [-0.3, -0.25) is 19.7 Å². The molecule has 1 fully saturated rings. The van der Waals surface area contributed by atoms with Gasteiger partial charge in [-0.15, -0.1) is 0 Å². The molecule has 32 heavy (non-hydrogen) atoms. The van der Waals surface area contributed by atoms with Crippen LogP contribution in [0.25, 0.3) is 0 Å². The summed E-state index contributed by atoms with van der Waals surface area (Å²) in [6, 6.07) is 14.7. The van der Waals surface area contributed by atoms with Crippen LogP contribution in [-0.4, -0.2) is 50.4 Å². The molecule has 1 saturated heterocycles. The molecule has 1 aliphatic rings. The fourth-order valence-electron chi connectivity index (χ4n) is 3.94. The van der Waals surface area contributed by atoms with Crippen LogP contribution in [0.5, 0.6) is 0 Å². The summed E-state index contributed by atoms with van der Waals surface area (Å²) in [5, 5.41) is 20.8. The number of amides is 1. The molecule has 2 aromatic rings. The molecule has 9 heteroatoms. The Labute approximate surface area is 190 Å². The summed E-state index contributed by atoms with van der Waals surface area (Å²) in [7, 11) is 0. The number of nitro groups is 1. The van der Waals surface area contributed by atoms with Gasteiger partial charge in [0, 0.05) is 22.9 Å². The zero-order valence-electron chi connectivity index (χ0n) is 17.7. The van der Waals surface area contributed by atoms with Gasteiger partial charge in [0.25, 0.3) is 5.69 Å². The number of rotatable bonds is 9. The van der Waals surface area contributed by atoms with Crippen LogP contribution in [0.3, 0.4) is 0 Å². The van der Waals surface area contributed by atoms with Crippen LogP contribution >= 0.6 is 12.2 Å². The van der Waals surface area contributed by atoms with E-state index in [0.717, 1.165) is 5.56 Å². The van der Waals surface area contributed by atoms with Gasteiger partial charge in [-0.25, -0.2) is 0 Å². The summed E-state index contributed by atoms with van der Waals surface area (Å²) >= 11 is 5.62. The lowest BCUT2D eigenvalue weighted by atomic mass is 9.74. The van der Waals surface area contributed by atoms with Crippen LogP contribution < -0.4 is 0 Å². The second kappa shape index (κ2) is 9.97. The van der Waals surface area contributed by atoms with E-state index in [1.807, 2.05) is 37.3 Å². The SMILES string of the molecule is C[C@@H](O)[C@H]1C(=O)N(CC(=O)OCc2ccc([N+](=O)[O-])cc2)[C@@H]1[C@@H](C)C(=S)c1ccccc1. The van der Waals surface area contributed by atoms with E-state index in [4.69, 9.17) is 17.0 Å². The number of β-lactam (4-membered cyclic amide) rings is 1. The Balaban J connectivity index is 1.65. The monoisotopic (exact) mass is 456 g/mol. The normalized spacial score (nSPS) is 19.6. The average molecular weight is 457 g/mol. The van der Waals surface area contributed by atoms with Crippen LogP contribution in [0.15, 0.2) is 54.6 Å². The molecular weight excluding hydrogens is 432 g/mol. The number of likely N-dealkylation sites (tertiary alicyclic amines) is 1. The fourth-order valence-corrected chi connectivity index (χ4v) is 4.21. The first-order valence-electron chi connectivity index (χ1n) is 10.2. The molecule has 2 aromatic carbocycles. The smallest absolute Gasteiger partial charge is 0.325 e. The van der Waals surface area contributed by atoms with Crippen molar-refractivity contribution >= 4 is 34.6 Å². The number of hydrogen-bond donors (Lipinski definition) is 1. The topological polar surface area (TPSA) is 110 Å². The minimum Gasteiger partial charge on any atom is -0.459 e. The summed E-state index contributed by atoms with van der Waals surface area (Å²) in [5.74, 6) is -1.83. The number of nitro benzene ring substituents is 1. The lowest BCUT2D eigenvalue weighted by Gasteiger charge is -2.50. The van der Waals surface area contributed by atoms with Gasteiger partial charge in [-0.05, 0) is 30.2 Å². The van der Waals surface area contributed by atoms with Crippen LogP contribution in [0.2, 0.25) is 0 Å². The minimum absolute atomic E-state index is 0.0540. The number of thiocarbonyl (C=S) groups is 1. The Bertz CT molecular complexity index is 1010. The first-order valence-corrected chi connectivity index (χ1v) is 10.6. The molecular formula is C23H24N2O6S. The van der Waals surface area contributed by atoms with Gasteiger partial charge >= 0.3 is 5.97 Å². The molecule has 0 aromatic heterocycles. The second-order valence-electron chi connectivity index (χ2n) is 7.83. The van der Waals surface area contributed by atoms with E-state index in [0.29, 0.717) is 10.4 Å². The van der Waals surface area contributed by atoms with E-state index in [1.54, 1.807) is 6.92 Å². The third-order valence-electron chi connectivity index (χ3n) is 5.65. The van der Waals surface area contributed by atoms with Gasteiger partial charge in [0.05, 0.1) is 23.0 Å². The van der Waals surface area contributed by atoms with Crippen molar-refractivity contribution < 1.29 is 24.4 Å². The van der Waals surface area contributed by atoms with Gasteiger partial charge < -0.3 is 14.7 Å². The Kier molecular flexibility index (Phi) is 7.32. The number of aliphatic hydroxyl groups is 1. The molecule has 0 saturated carbocycles. The molecule has 3 rings (SSSR count). The lowest BCUT2D eigenvalue weighted by molar-refractivity contribution is -0.384. The predicted octanol–water partition coefficient (Wildman–Crippen LogP) is 2.90. The molecule has 0 aliphatic carbocycles. The van der Waals surface area contributed by atoms with Crippen molar-refractivity contribution in [2.45, 2.75) is 32.6 Å². The molecule has 8 nitrogen and oxygen atoms in total. The van der Waals surface area contributed by atoms with Crippen molar-refractivity contribution in [2.24, 2.45) is 11.8 Å². The second-order valence-corrected chi connectivity index (χ2v) is 8.27. The summed E-state index contributed by atoms with van der Waals surface area (Å²) in [5.41, 5.74) is 1.40. The number of esters is 1. The Morgan fingerprint density at radius 2 is 1.81 bits per heavy atom. The number of ether oxygens (including phenoxy) is 1. The van der Waals surface area contributed by atoms with Crippen molar-refractivity contribution in [3.63, 3.8) is 0 Å². The predicted molar refractivity (Wildman–Crippen MR) is 121 cm³/mol. The highest BCUT2D eigenvalue weighted by Crippen LogP contribution is 2.36. The summed E-state index contributed by atoms with van der Waals surface area (Å²) < 4.78 is 5.25. The highest BCUT2D eigenvalue weighted by Gasteiger charge is 2.53. The fraction of sp³-hybridized carbons (Fsp3) is 0.348. The zero-order valence-corrected chi connectivity index (χ0v) is 18.5. The number of hydrogen-bond acceptors (Lipinski definition) is 7. The number of non-ortho nitro benzene ring substituents is 1. The maximum atomic E-state index is 12.6. The zero-order chi connectivity index (χ0) is 23.4. The van der Waals surface area contributed by atoms with Gasteiger partial charge in [0.15, 0.2) is 0 Å². The quantitative estimate of drug-likeness (QED) is 0.154. The highest BCUT2D eigenvalue weighted by molar-refractivity contribution is 7.80. The largest absolute Gasteiger partial charge is 0.459 e. The van der Waals surface area contributed by atoms with Crippen molar-refractivity contribution in [2.75, 3.05) is 6.54 Å². The van der Waals surface area contributed by atoms with Gasteiger partial charge in [-0.1, -0.05) is 49.5 Å². The average Bonchev–Trinajstić information content (AvgIpc) is 2.78. The molecule has 4 atom stereocenters. The maximum Gasteiger partial charge on any atom is 0.325 e. The van der Waals surface area contributed by atoms with Gasteiger partial charge in [0.2, 0.25) is 5.91 Å². The highest BCUT2D eigenvalue weighted by atomic mass is 32.1. The Morgan fingerprint density at radius 1 is 1.19 bits per heavy atom. The number of benzene rings is 2. The van der Waals surface area contributed by atoms with E-state index in [9.17, 15) is 24.8 Å². The first kappa shape index (κ1) is 23.5. The molecule has 1 aliphatic heterocycles. The van der Waals surface area contributed by atoms with E-state index in [-0.39, 0.29) is 30.7 Å². The molecule has 1 amide bonds. The minimum atomic E-state index is -0.874. The van der Waals surface area contributed by atoms with Gasteiger partial charge in [-0.2, -0.15) is 0 Å².